The summed E-state index contributed by atoms with van der Waals surface area (Å²) in [6.45, 7) is 3.63. The summed E-state index contributed by atoms with van der Waals surface area (Å²) >= 11 is 0. The van der Waals surface area contributed by atoms with Gasteiger partial charge in [-0.25, -0.2) is 4.79 Å². The number of carbonyl (C=O) groups excluding carboxylic acids is 1. The van der Waals surface area contributed by atoms with Gasteiger partial charge in [0.2, 0.25) is 0 Å². The average Bonchev–Trinajstić information content (AvgIpc) is 2.85. The Morgan fingerprint density at radius 2 is 1.95 bits per heavy atom. The van der Waals surface area contributed by atoms with Crippen LogP contribution in [0.2, 0.25) is 0 Å². The second-order valence-electron chi connectivity index (χ2n) is 4.63. The van der Waals surface area contributed by atoms with E-state index in [0.29, 0.717) is 5.69 Å². The van der Waals surface area contributed by atoms with Crippen molar-refractivity contribution in [1.29, 1.82) is 0 Å². The van der Waals surface area contributed by atoms with Crippen molar-refractivity contribution in [2.75, 3.05) is 5.32 Å². The van der Waals surface area contributed by atoms with Gasteiger partial charge in [0.15, 0.2) is 5.76 Å². The maximum Gasteiger partial charge on any atom is 0.328 e. The zero-order valence-electron chi connectivity index (χ0n) is 11.7. The van der Waals surface area contributed by atoms with Crippen LogP contribution in [0.4, 0.5) is 5.69 Å². The molecular formula is C16H15NO4. The van der Waals surface area contributed by atoms with Gasteiger partial charge in [-0.2, -0.15) is 0 Å². The number of carbonyl (C=O) groups is 2. The molecule has 5 nitrogen and oxygen atoms in total. The van der Waals surface area contributed by atoms with E-state index in [4.69, 9.17) is 9.52 Å². The van der Waals surface area contributed by atoms with Crippen LogP contribution in [0.3, 0.4) is 0 Å². The molecule has 2 rings (SSSR count). The van der Waals surface area contributed by atoms with Crippen molar-refractivity contribution in [3.63, 3.8) is 0 Å². The molecule has 0 bridgehead atoms. The minimum atomic E-state index is -1.00. The molecule has 0 spiro atoms. The van der Waals surface area contributed by atoms with E-state index in [-0.39, 0.29) is 11.7 Å². The highest BCUT2D eigenvalue weighted by atomic mass is 16.4. The van der Waals surface area contributed by atoms with E-state index < -0.39 is 5.97 Å². The fraction of sp³-hybridized carbons (Fsp3) is 0.125. The van der Waals surface area contributed by atoms with Gasteiger partial charge in [0, 0.05) is 17.3 Å². The molecule has 1 amide bonds. The summed E-state index contributed by atoms with van der Waals surface area (Å²) < 4.78 is 5.14. The van der Waals surface area contributed by atoms with Crippen molar-refractivity contribution < 1.29 is 19.1 Å². The van der Waals surface area contributed by atoms with Crippen LogP contribution < -0.4 is 5.32 Å². The number of furan rings is 1. The number of anilines is 1. The predicted molar refractivity (Wildman–Crippen MR) is 79.2 cm³/mol. The van der Waals surface area contributed by atoms with Crippen LogP contribution in [0.5, 0.6) is 0 Å². The molecule has 2 aromatic rings. The van der Waals surface area contributed by atoms with Gasteiger partial charge in [0.25, 0.3) is 5.91 Å². The third-order valence-corrected chi connectivity index (χ3v) is 2.99. The van der Waals surface area contributed by atoms with E-state index in [1.54, 1.807) is 31.2 Å². The molecule has 5 heteroatoms. The molecule has 0 saturated heterocycles. The van der Waals surface area contributed by atoms with Crippen LogP contribution in [-0.4, -0.2) is 17.0 Å². The molecular weight excluding hydrogens is 270 g/mol. The van der Waals surface area contributed by atoms with Crippen LogP contribution in [0.25, 0.3) is 6.08 Å². The van der Waals surface area contributed by atoms with Crippen molar-refractivity contribution in [2.24, 2.45) is 0 Å². The number of nitrogens with one attached hydrogen (secondary N) is 1. The molecule has 0 aliphatic carbocycles. The second kappa shape index (κ2) is 6.09. The van der Waals surface area contributed by atoms with E-state index >= 15 is 0 Å². The van der Waals surface area contributed by atoms with Crippen molar-refractivity contribution in [3.05, 3.63) is 59.1 Å². The molecule has 1 aromatic carbocycles. The van der Waals surface area contributed by atoms with E-state index in [1.807, 2.05) is 6.92 Å². The van der Waals surface area contributed by atoms with Crippen molar-refractivity contribution in [1.82, 2.24) is 0 Å². The first-order valence-electron chi connectivity index (χ1n) is 6.34. The molecule has 0 saturated carbocycles. The van der Waals surface area contributed by atoms with Gasteiger partial charge < -0.3 is 14.8 Å². The van der Waals surface area contributed by atoms with E-state index in [9.17, 15) is 9.59 Å². The maximum atomic E-state index is 12.1. The summed E-state index contributed by atoms with van der Waals surface area (Å²) in [4.78, 5) is 22.5. The zero-order chi connectivity index (χ0) is 15.4. The Balaban J connectivity index is 2.16. The number of carboxylic acid groups (broad SMARTS) is 1. The number of amides is 1. The third-order valence-electron chi connectivity index (χ3n) is 2.99. The van der Waals surface area contributed by atoms with Gasteiger partial charge in [-0.3, -0.25) is 4.79 Å². The summed E-state index contributed by atoms with van der Waals surface area (Å²) in [6.07, 6.45) is 4.04. The lowest BCUT2D eigenvalue weighted by molar-refractivity contribution is -0.131. The fourth-order valence-corrected chi connectivity index (χ4v) is 1.88. The Kier molecular flexibility index (Phi) is 4.23. The normalized spacial score (nSPS) is 10.8. The standard InChI is InChI=1S/C16H15NO4/c1-10-7-8-21-15(10)16(20)17-13-5-3-12(9-11(13)2)4-6-14(18)19/h3-9H,1-2H3,(H,17,20)(H,18,19). The Bertz CT molecular complexity index is 713. The number of aliphatic carboxylic acids is 1. The first kappa shape index (κ1) is 14.6. The highest BCUT2D eigenvalue weighted by molar-refractivity contribution is 6.03. The molecule has 1 heterocycles. The first-order valence-corrected chi connectivity index (χ1v) is 6.34. The van der Waals surface area contributed by atoms with E-state index in [1.165, 1.54) is 12.3 Å². The van der Waals surface area contributed by atoms with Crippen molar-refractivity contribution >= 4 is 23.6 Å². The topological polar surface area (TPSA) is 79.5 Å². The Morgan fingerprint density at radius 3 is 2.52 bits per heavy atom. The summed E-state index contributed by atoms with van der Waals surface area (Å²) in [5, 5.41) is 11.4. The van der Waals surface area contributed by atoms with Crippen LogP contribution in [0.1, 0.15) is 27.2 Å². The molecule has 0 atom stereocenters. The van der Waals surface area contributed by atoms with Gasteiger partial charge in [0.05, 0.1) is 6.26 Å². The highest BCUT2D eigenvalue weighted by Gasteiger charge is 2.13. The SMILES string of the molecule is Cc1cc(C=CC(=O)O)ccc1NC(=O)c1occc1C. The highest BCUT2D eigenvalue weighted by Crippen LogP contribution is 2.19. The summed E-state index contributed by atoms with van der Waals surface area (Å²) in [5.74, 6) is -1.03. The number of carboxylic acids is 1. The van der Waals surface area contributed by atoms with Crippen LogP contribution >= 0.6 is 0 Å². The smallest absolute Gasteiger partial charge is 0.328 e. The first-order chi connectivity index (χ1) is 9.97. The average molecular weight is 285 g/mol. The maximum absolute atomic E-state index is 12.1. The fourth-order valence-electron chi connectivity index (χ4n) is 1.88. The number of hydrogen-bond donors (Lipinski definition) is 2. The quantitative estimate of drug-likeness (QED) is 0.845. The molecule has 0 aliphatic rings. The predicted octanol–water partition coefficient (Wildman–Crippen LogP) is 3.25. The second-order valence-corrected chi connectivity index (χ2v) is 4.63. The summed E-state index contributed by atoms with van der Waals surface area (Å²) in [7, 11) is 0. The molecule has 0 radical (unpaired) electrons. The monoisotopic (exact) mass is 285 g/mol. The van der Waals surface area contributed by atoms with Gasteiger partial charge in [-0.15, -0.1) is 0 Å². The van der Waals surface area contributed by atoms with E-state index in [0.717, 1.165) is 22.8 Å². The van der Waals surface area contributed by atoms with E-state index in [2.05, 4.69) is 5.32 Å². The van der Waals surface area contributed by atoms with Gasteiger partial charge >= 0.3 is 5.97 Å². The van der Waals surface area contributed by atoms with Crippen molar-refractivity contribution in [2.45, 2.75) is 13.8 Å². The summed E-state index contributed by atoms with van der Waals surface area (Å²) in [6, 6.07) is 6.98. The lowest BCUT2D eigenvalue weighted by Gasteiger charge is -2.08. The zero-order valence-corrected chi connectivity index (χ0v) is 11.7. The number of aryl methyl sites for hydroxylation is 2. The number of hydrogen-bond acceptors (Lipinski definition) is 3. The largest absolute Gasteiger partial charge is 0.478 e. The summed E-state index contributed by atoms with van der Waals surface area (Å²) in [5.41, 5.74) is 3.01. The molecule has 0 aliphatic heterocycles. The number of rotatable bonds is 4. The van der Waals surface area contributed by atoms with Crippen LogP contribution in [0, 0.1) is 13.8 Å². The Labute approximate surface area is 121 Å². The Morgan fingerprint density at radius 1 is 1.19 bits per heavy atom. The molecule has 108 valence electrons. The van der Waals surface area contributed by atoms with Crippen LogP contribution in [-0.2, 0) is 4.79 Å². The lowest BCUT2D eigenvalue weighted by atomic mass is 10.1. The minimum absolute atomic E-state index is 0.282. The minimum Gasteiger partial charge on any atom is -0.478 e. The third kappa shape index (κ3) is 3.60. The molecule has 0 unspecified atom stereocenters. The van der Waals surface area contributed by atoms with Gasteiger partial charge in [-0.1, -0.05) is 6.07 Å². The molecule has 2 N–H and O–H groups in total. The van der Waals surface area contributed by atoms with Crippen molar-refractivity contribution in [3.8, 4) is 0 Å². The molecule has 1 aromatic heterocycles. The van der Waals surface area contributed by atoms with Gasteiger partial charge in [-0.05, 0) is 49.2 Å². The van der Waals surface area contributed by atoms with Gasteiger partial charge in [0.1, 0.15) is 0 Å². The molecule has 21 heavy (non-hydrogen) atoms. The van der Waals surface area contributed by atoms with Crippen LogP contribution in [0.15, 0.2) is 41.0 Å². The molecule has 0 fully saturated rings. The number of benzene rings is 1. The Hall–Kier alpha value is -2.82. The lowest BCUT2D eigenvalue weighted by Crippen LogP contribution is -2.13.